The molecule has 1 aliphatic heterocycles. The maximum absolute atomic E-state index is 12.2. The maximum atomic E-state index is 12.2. The summed E-state index contributed by atoms with van der Waals surface area (Å²) in [6, 6.07) is 0. The molecule has 3 rings (SSSR count). The molecule has 0 aromatic carbocycles. The first kappa shape index (κ1) is 19.5. The highest BCUT2D eigenvalue weighted by Gasteiger charge is 2.16. The molecular formula is C18H29N7O2. The van der Waals surface area contributed by atoms with Gasteiger partial charge in [-0.3, -0.25) is 9.69 Å². The Morgan fingerprint density at radius 3 is 2.67 bits per heavy atom. The number of hydrogen-bond acceptors (Lipinski definition) is 7. The smallest absolute Gasteiger partial charge is 0.241 e. The van der Waals surface area contributed by atoms with Crippen LogP contribution in [0, 0.1) is 13.8 Å². The molecule has 1 fully saturated rings. The highest BCUT2D eigenvalue weighted by Crippen LogP contribution is 2.14. The zero-order valence-corrected chi connectivity index (χ0v) is 16.3. The normalized spacial score (nSPS) is 15.6. The zero-order chi connectivity index (χ0) is 19.1. The Balaban J connectivity index is 1.42. The number of carbonyl (C=O) groups is 1. The fourth-order valence-corrected chi connectivity index (χ4v) is 3.50. The standard InChI is InChI=1S/C18H29N7O2/c1-14-16(15(2)27-21-14)8-7-9-19-18(26)13-25-17(20-22-23-25)12-24-10-5-3-4-6-11-24/h3-13H2,1-2H3,(H,19,26). The Morgan fingerprint density at radius 1 is 1.19 bits per heavy atom. The number of amides is 1. The van der Waals surface area contributed by atoms with Crippen LogP contribution in [0.25, 0.3) is 0 Å². The average Bonchev–Trinajstić information content (AvgIpc) is 3.09. The molecule has 2 aromatic rings. The van der Waals surface area contributed by atoms with Crippen LogP contribution in [0.15, 0.2) is 4.52 Å². The van der Waals surface area contributed by atoms with Crippen molar-refractivity contribution in [1.82, 2.24) is 35.6 Å². The zero-order valence-electron chi connectivity index (χ0n) is 16.3. The molecule has 1 amide bonds. The van der Waals surface area contributed by atoms with Crippen molar-refractivity contribution < 1.29 is 9.32 Å². The summed E-state index contributed by atoms with van der Waals surface area (Å²) in [7, 11) is 0. The molecule has 0 spiro atoms. The molecule has 1 N–H and O–H groups in total. The highest BCUT2D eigenvalue weighted by molar-refractivity contribution is 5.75. The SMILES string of the molecule is Cc1noc(C)c1CCCNC(=O)Cn1nnnc1CN1CCCCCC1. The minimum Gasteiger partial charge on any atom is -0.361 e. The van der Waals surface area contributed by atoms with E-state index in [0.717, 1.165) is 48.8 Å². The number of nitrogens with one attached hydrogen (secondary N) is 1. The van der Waals surface area contributed by atoms with Gasteiger partial charge in [0.2, 0.25) is 5.91 Å². The van der Waals surface area contributed by atoms with Crippen LogP contribution in [-0.4, -0.2) is 55.8 Å². The first-order valence-electron chi connectivity index (χ1n) is 9.79. The van der Waals surface area contributed by atoms with E-state index in [0.29, 0.717) is 13.1 Å². The van der Waals surface area contributed by atoms with Crippen LogP contribution < -0.4 is 5.32 Å². The Labute approximate surface area is 159 Å². The molecule has 1 saturated heterocycles. The van der Waals surface area contributed by atoms with E-state index < -0.39 is 0 Å². The molecule has 0 unspecified atom stereocenters. The summed E-state index contributed by atoms with van der Waals surface area (Å²) in [6.07, 6.45) is 6.69. The van der Waals surface area contributed by atoms with Crippen molar-refractivity contribution in [2.45, 2.75) is 65.5 Å². The highest BCUT2D eigenvalue weighted by atomic mass is 16.5. The summed E-state index contributed by atoms with van der Waals surface area (Å²) in [5.41, 5.74) is 2.05. The number of aryl methyl sites for hydroxylation is 2. The summed E-state index contributed by atoms with van der Waals surface area (Å²) in [5.74, 6) is 1.53. The maximum Gasteiger partial charge on any atom is 0.241 e. The van der Waals surface area contributed by atoms with Crippen molar-refractivity contribution in [3.05, 3.63) is 22.8 Å². The van der Waals surface area contributed by atoms with Crippen molar-refractivity contribution in [2.75, 3.05) is 19.6 Å². The van der Waals surface area contributed by atoms with Crippen molar-refractivity contribution in [1.29, 1.82) is 0 Å². The second-order valence-corrected chi connectivity index (χ2v) is 7.20. The lowest BCUT2D eigenvalue weighted by Crippen LogP contribution is -2.31. The molecule has 9 nitrogen and oxygen atoms in total. The number of aromatic nitrogens is 5. The predicted octanol–water partition coefficient (Wildman–Crippen LogP) is 1.40. The number of tetrazole rings is 1. The predicted molar refractivity (Wildman–Crippen MR) is 98.9 cm³/mol. The van der Waals surface area contributed by atoms with Gasteiger partial charge in [0, 0.05) is 12.1 Å². The molecule has 9 heteroatoms. The Hall–Kier alpha value is -2.29. The summed E-state index contributed by atoms with van der Waals surface area (Å²) in [5, 5.41) is 18.7. The van der Waals surface area contributed by atoms with Gasteiger partial charge in [-0.25, -0.2) is 4.68 Å². The van der Waals surface area contributed by atoms with Gasteiger partial charge in [0.15, 0.2) is 5.82 Å². The number of carbonyl (C=O) groups excluding carboxylic acids is 1. The van der Waals surface area contributed by atoms with E-state index in [4.69, 9.17) is 4.52 Å². The van der Waals surface area contributed by atoms with Gasteiger partial charge in [0.1, 0.15) is 12.3 Å². The van der Waals surface area contributed by atoms with Gasteiger partial charge < -0.3 is 9.84 Å². The quantitative estimate of drug-likeness (QED) is 0.696. The average molecular weight is 375 g/mol. The third kappa shape index (κ3) is 5.59. The van der Waals surface area contributed by atoms with Crippen LogP contribution in [0.2, 0.25) is 0 Å². The molecule has 148 valence electrons. The van der Waals surface area contributed by atoms with Gasteiger partial charge in [0.25, 0.3) is 0 Å². The van der Waals surface area contributed by atoms with Gasteiger partial charge in [-0.05, 0) is 63.0 Å². The molecule has 3 heterocycles. The van der Waals surface area contributed by atoms with E-state index in [1.54, 1.807) is 4.68 Å². The molecule has 0 aliphatic carbocycles. The van der Waals surface area contributed by atoms with Gasteiger partial charge in [-0.1, -0.05) is 18.0 Å². The minimum atomic E-state index is -0.0711. The Bertz CT molecular complexity index is 712. The van der Waals surface area contributed by atoms with Gasteiger partial charge >= 0.3 is 0 Å². The van der Waals surface area contributed by atoms with Gasteiger partial charge in [-0.15, -0.1) is 5.10 Å². The fourth-order valence-electron chi connectivity index (χ4n) is 3.50. The van der Waals surface area contributed by atoms with Crippen LogP contribution in [0.5, 0.6) is 0 Å². The molecule has 1 aliphatic rings. The monoisotopic (exact) mass is 375 g/mol. The Kier molecular flexibility index (Phi) is 6.92. The minimum absolute atomic E-state index is 0.0711. The van der Waals surface area contributed by atoms with Crippen molar-refractivity contribution in [3.63, 3.8) is 0 Å². The second-order valence-electron chi connectivity index (χ2n) is 7.20. The van der Waals surface area contributed by atoms with E-state index >= 15 is 0 Å². The number of rotatable bonds is 8. The largest absolute Gasteiger partial charge is 0.361 e. The Morgan fingerprint density at radius 2 is 1.96 bits per heavy atom. The van der Waals surface area contributed by atoms with Gasteiger partial charge in [-0.2, -0.15) is 0 Å². The van der Waals surface area contributed by atoms with Crippen LogP contribution in [-0.2, 0) is 24.3 Å². The third-order valence-electron chi connectivity index (χ3n) is 5.07. The number of likely N-dealkylation sites (tertiary alicyclic amines) is 1. The third-order valence-corrected chi connectivity index (χ3v) is 5.07. The molecule has 0 atom stereocenters. The number of nitrogens with zero attached hydrogens (tertiary/aromatic N) is 6. The van der Waals surface area contributed by atoms with Gasteiger partial charge in [0.05, 0.1) is 12.2 Å². The van der Waals surface area contributed by atoms with Crippen LogP contribution in [0.1, 0.15) is 54.9 Å². The molecular weight excluding hydrogens is 346 g/mol. The molecule has 0 radical (unpaired) electrons. The fraction of sp³-hybridized carbons (Fsp3) is 0.722. The first-order chi connectivity index (χ1) is 13.1. The lowest BCUT2D eigenvalue weighted by Gasteiger charge is -2.18. The first-order valence-corrected chi connectivity index (χ1v) is 9.79. The summed E-state index contributed by atoms with van der Waals surface area (Å²) in [4.78, 5) is 14.6. The van der Waals surface area contributed by atoms with Crippen LogP contribution in [0.3, 0.4) is 0 Å². The van der Waals surface area contributed by atoms with Crippen molar-refractivity contribution >= 4 is 5.91 Å². The van der Waals surface area contributed by atoms with Crippen molar-refractivity contribution in [3.8, 4) is 0 Å². The van der Waals surface area contributed by atoms with E-state index in [-0.39, 0.29) is 12.5 Å². The van der Waals surface area contributed by atoms with E-state index in [2.05, 4.69) is 30.9 Å². The van der Waals surface area contributed by atoms with Crippen molar-refractivity contribution in [2.24, 2.45) is 0 Å². The summed E-state index contributed by atoms with van der Waals surface area (Å²) in [6.45, 7) is 7.45. The lowest BCUT2D eigenvalue weighted by molar-refractivity contribution is -0.121. The van der Waals surface area contributed by atoms with E-state index in [9.17, 15) is 4.79 Å². The van der Waals surface area contributed by atoms with E-state index in [1.165, 1.54) is 25.7 Å². The number of hydrogen-bond donors (Lipinski definition) is 1. The van der Waals surface area contributed by atoms with E-state index in [1.807, 2.05) is 13.8 Å². The molecule has 0 saturated carbocycles. The molecule has 27 heavy (non-hydrogen) atoms. The molecule has 0 bridgehead atoms. The van der Waals surface area contributed by atoms with Crippen LogP contribution in [0.4, 0.5) is 0 Å². The lowest BCUT2D eigenvalue weighted by atomic mass is 10.1. The summed E-state index contributed by atoms with van der Waals surface area (Å²) < 4.78 is 6.77. The molecule has 2 aromatic heterocycles. The second kappa shape index (κ2) is 9.59. The topological polar surface area (TPSA) is 102 Å². The van der Waals surface area contributed by atoms with Crippen LogP contribution >= 0.6 is 0 Å². The summed E-state index contributed by atoms with van der Waals surface area (Å²) >= 11 is 0.